The zero-order valence-corrected chi connectivity index (χ0v) is 16.6. The van der Waals surface area contributed by atoms with Crippen LogP contribution in [0.15, 0.2) is 6.07 Å². The highest BCUT2D eigenvalue weighted by molar-refractivity contribution is 5.79. The highest BCUT2D eigenvalue weighted by Crippen LogP contribution is 2.22. The summed E-state index contributed by atoms with van der Waals surface area (Å²) in [6.45, 7) is 11.6. The zero-order valence-electron chi connectivity index (χ0n) is 16.6. The minimum atomic E-state index is 0.169. The van der Waals surface area contributed by atoms with Crippen LogP contribution in [-0.4, -0.2) is 60.0 Å². The van der Waals surface area contributed by atoms with E-state index in [9.17, 15) is 4.79 Å². The number of carbonyl (C=O) groups excluding carboxylic acids is 1. The molecule has 6 heteroatoms. The summed E-state index contributed by atoms with van der Waals surface area (Å²) in [5.74, 6) is 2.36. The van der Waals surface area contributed by atoms with Gasteiger partial charge in [0.15, 0.2) is 0 Å². The molecule has 1 amide bonds. The number of hydrogen-bond acceptors (Lipinski definition) is 5. The standard InChI is InChI=1S/C20H33N5O/c1-4-17(5-2)19(26)24-11-13-25(14-12-24)20-21-16(3)15-18(22-20)23-9-7-6-8-10-23/h15,17H,4-14H2,1-3H3. The van der Waals surface area contributed by atoms with Crippen molar-refractivity contribution in [2.45, 2.75) is 52.9 Å². The monoisotopic (exact) mass is 359 g/mol. The van der Waals surface area contributed by atoms with Crippen molar-refractivity contribution in [3.05, 3.63) is 11.8 Å². The number of aromatic nitrogens is 2. The first kappa shape index (κ1) is 18.9. The fourth-order valence-corrected chi connectivity index (χ4v) is 3.99. The molecule has 1 aromatic heterocycles. The molecule has 0 radical (unpaired) electrons. The summed E-state index contributed by atoms with van der Waals surface area (Å²) in [7, 11) is 0. The van der Waals surface area contributed by atoms with Gasteiger partial charge in [-0.05, 0) is 39.0 Å². The molecule has 1 aromatic rings. The molecule has 0 spiro atoms. The third-order valence-corrected chi connectivity index (χ3v) is 5.72. The van der Waals surface area contributed by atoms with Gasteiger partial charge in [-0.25, -0.2) is 4.98 Å². The van der Waals surface area contributed by atoms with E-state index in [-0.39, 0.29) is 5.92 Å². The predicted molar refractivity (Wildman–Crippen MR) is 106 cm³/mol. The molecule has 2 aliphatic heterocycles. The van der Waals surface area contributed by atoms with Crippen molar-refractivity contribution in [3.63, 3.8) is 0 Å². The smallest absolute Gasteiger partial charge is 0.227 e. The van der Waals surface area contributed by atoms with Crippen LogP contribution in [0, 0.1) is 12.8 Å². The number of piperidine rings is 1. The van der Waals surface area contributed by atoms with Crippen LogP contribution < -0.4 is 9.80 Å². The summed E-state index contributed by atoms with van der Waals surface area (Å²) in [5, 5.41) is 0. The van der Waals surface area contributed by atoms with Gasteiger partial charge in [-0.2, -0.15) is 4.98 Å². The lowest BCUT2D eigenvalue weighted by molar-refractivity contribution is -0.136. The number of rotatable bonds is 5. The van der Waals surface area contributed by atoms with Crippen molar-refractivity contribution in [2.75, 3.05) is 49.1 Å². The van der Waals surface area contributed by atoms with E-state index in [0.29, 0.717) is 5.91 Å². The fraction of sp³-hybridized carbons (Fsp3) is 0.750. The molecule has 3 rings (SSSR count). The second-order valence-corrected chi connectivity index (χ2v) is 7.54. The maximum atomic E-state index is 12.6. The van der Waals surface area contributed by atoms with Crippen LogP contribution >= 0.6 is 0 Å². The Hall–Kier alpha value is -1.85. The van der Waals surface area contributed by atoms with E-state index in [0.717, 1.165) is 69.6 Å². The third kappa shape index (κ3) is 4.27. The summed E-state index contributed by atoms with van der Waals surface area (Å²) in [4.78, 5) is 28.8. The van der Waals surface area contributed by atoms with E-state index in [4.69, 9.17) is 4.98 Å². The molecule has 2 aliphatic rings. The van der Waals surface area contributed by atoms with Crippen LogP contribution in [0.5, 0.6) is 0 Å². The van der Waals surface area contributed by atoms with E-state index in [1.54, 1.807) is 0 Å². The number of carbonyl (C=O) groups is 1. The maximum Gasteiger partial charge on any atom is 0.227 e. The number of hydrogen-bond donors (Lipinski definition) is 0. The minimum Gasteiger partial charge on any atom is -0.356 e. The average molecular weight is 360 g/mol. The number of anilines is 2. The Bertz CT molecular complexity index is 602. The average Bonchev–Trinajstić information content (AvgIpc) is 2.69. The predicted octanol–water partition coefficient (Wildman–Crippen LogP) is 2.86. The number of nitrogens with zero attached hydrogens (tertiary/aromatic N) is 5. The normalized spacial score (nSPS) is 18.5. The molecule has 0 bridgehead atoms. The molecule has 0 unspecified atom stereocenters. The van der Waals surface area contributed by atoms with Gasteiger partial charge in [0.1, 0.15) is 5.82 Å². The lowest BCUT2D eigenvalue weighted by Crippen LogP contribution is -2.50. The molecule has 0 atom stereocenters. The first-order chi connectivity index (χ1) is 12.6. The Morgan fingerprint density at radius 3 is 2.23 bits per heavy atom. The van der Waals surface area contributed by atoms with E-state index in [1.807, 2.05) is 11.8 Å². The Balaban J connectivity index is 1.65. The van der Waals surface area contributed by atoms with Crippen molar-refractivity contribution < 1.29 is 4.79 Å². The quantitative estimate of drug-likeness (QED) is 0.809. The molecule has 2 saturated heterocycles. The fourth-order valence-electron chi connectivity index (χ4n) is 3.99. The highest BCUT2D eigenvalue weighted by Gasteiger charge is 2.27. The first-order valence-corrected chi connectivity index (χ1v) is 10.3. The molecular weight excluding hydrogens is 326 g/mol. The summed E-state index contributed by atoms with van der Waals surface area (Å²) >= 11 is 0. The van der Waals surface area contributed by atoms with Gasteiger partial charge in [0.25, 0.3) is 0 Å². The van der Waals surface area contributed by atoms with Gasteiger partial charge in [-0.15, -0.1) is 0 Å². The molecule has 0 aliphatic carbocycles. The molecule has 144 valence electrons. The molecule has 0 saturated carbocycles. The molecule has 3 heterocycles. The number of piperazine rings is 1. The molecular formula is C20H33N5O. The van der Waals surface area contributed by atoms with Crippen LogP contribution in [0.1, 0.15) is 51.6 Å². The van der Waals surface area contributed by atoms with E-state index in [1.165, 1.54) is 19.3 Å². The van der Waals surface area contributed by atoms with Crippen molar-refractivity contribution >= 4 is 17.7 Å². The van der Waals surface area contributed by atoms with Gasteiger partial charge < -0.3 is 14.7 Å². The number of aryl methyl sites for hydroxylation is 1. The molecule has 26 heavy (non-hydrogen) atoms. The molecule has 0 N–H and O–H groups in total. The molecule has 0 aromatic carbocycles. The first-order valence-electron chi connectivity index (χ1n) is 10.3. The van der Waals surface area contributed by atoms with Gasteiger partial charge in [0, 0.05) is 56.9 Å². The van der Waals surface area contributed by atoms with Gasteiger partial charge in [-0.1, -0.05) is 13.8 Å². The van der Waals surface area contributed by atoms with E-state index >= 15 is 0 Å². The summed E-state index contributed by atoms with van der Waals surface area (Å²) in [6.07, 6.45) is 5.66. The summed E-state index contributed by atoms with van der Waals surface area (Å²) in [6, 6.07) is 2.10. The second kappa shape index (κ2) is 8.69. The minimum absolute atomic E-state index is 0.169. The van der Waals surface area contributed by atoms with Crippen molar-refractivity contribution in [1.29, 1.82) is 0 Å². The van der Waals surface area contributed by atoms with E-state index < -0.39 is 0 Å². The molecule has 6 nitrogen and oxygen atoms in total. The Morgan fingerprint density at radius 1 is 0.962 bits per heavy atom. The van der Waals surface area contributed by atoms with Gasteiger partial charge in [0.2, 0.25) is 11.9 Å². The Kier molecular flexibility index (Phi) is 6.33. The zero-order chi connectivity index (χ0) is 18.5. The largest absolute Gasteiger partial charge is 0.356 e. The van der Waals surface area contributed by atoms with Crippen LogP contribution in [-0.2, 0) is 4.79 Å². The number of amides is 1. The molecule has 2 fully saturated rings. The Labute approximate surface area is 157 Å². The highest BCUT2D eigenvalue weighted by atomic mass is 16.2. The van der Waals surface area contributed by atoms with Crippen LogP contribution in [0.4, 0.5) is 11.8 Å². The van der Waals surface area contributed by atoms with Crippen molar-refractivity contribution in [3.8, 4) is 0 Å². The van der Waals surface area contributed by atoms with E-state index in [2.05, 4.69) is 34.7 Å². The van der Waals surface area contributed by atoms with Crippen molar-refractivity contribution in [2.24, 2.45) is 5.92 Å². The summed E-state index contributed by atoms with van der Waals surface area (Å²) in [5.41, 5.74) is 1.02. The third-order valence-electron chi connectivity index (χ3n) is 5.72. The lowest BCUT2D eigenvalue weighted by atomic mass is 10.0. The van der Waals surface area contributed by atoms with Crippen LogP contribution in [0.3, 0.4) is 0 Å². The van der Waals surface area contributed by atoms with Crippen LogP contribution in [0.25, 0.3) is 0 Å². The Morgan fingerprint density at radius 2 is 1.62 bits per heavy atom. The van der Waals surface area contributed by atoms with Crippen molar-refractivity contribution in [1.82, 2.24) is 14.9 Å². The maximum absolute atomic E-state index is 12.6. The van der Waals surface area contributed by atoms with Gasteiger partial charge in [-0.3, -0.25) is 4.79 Å². The van der Waals surface area contributed by atoms with Crippen LogP contribution in [0.2, 0.25) is 0 Å². The second-order valence-electron chi connectivity index (χ2n) is 7.54. The lowest BCUT2D eigenvalue weighted by Gasteiger charge is -2.37. The van der Waals surface area contributed by atoms with Gasteiger partial charge >= 0.3 is 0 Å². The summed E-state index contributed by atoms with van der Waals surface area (Å²) < 4.78 is 0. The topological polar surface area (TPSA) is 52.6 Å². The SMILES string of the molecule is CCC(CC)C(=O)N1CCN(c2nc(C)cc(N3CCCCC3)n2)CC1. The van der Waals surface area contributed by atoms with Gasteiger partial charge in [0.05, 0.1) is 0 Å².